The van der Waals surface area contributed by atoms with Gasteiger partial charge in [-0.3, -0.25) is 4.79 Å². The van der Waals surface area contributed by atoms with Crippen LogP contribution in [0.1, 0.15) is 18.1 Å². The van der Waals surface area contributed by atoms with E-state index in [1.165, 1.54) is 0 Å². The summed E-state index contributed by atoms with van der Waals surface area (Å²) in [5.74, 6) is 0.0137. The van der Waals surface area contributed by atoms with Crippen LogP contribution >= 0.6 is 0 Å². The molecule has 16 heavy (non-hydrogen) atoms. The first-order chi connectivity index (χ1) is 7.70. The summed E-state index contributed by atoms with van der Waals surface area (Å²) in [6, 6.07) is 5.37. The second-order valence-corrected chi connectivity index (χ2v) is 3.84. The van der Waals surface area contributed by atoms with Crippen molar-refractivity contribution in [2.24, 2.45) is 0 Å². The molecule has 0 amide bonds. The van der Waals surface area contributed by atoms with Crippen molar-refractivity contribution in [3.63, 3.8) is 0 Å². The van der Waals surface area contributed by atoms with Gasteiger partial charge in [-0.05, 0) is 36.6 Å². The van der Waals surface area contributed by atoms with Crippen LogP contribution < -0.4 is 10.1 Å². The molecule has 86 valence electrons. The van der Waals surface area contributed by atoms with E-state index >= 15 is 0 Å². The van der Waals surface area contributed by atoms with E-state index in [1.54, 1.807) is 0 Å². The van der Waals surface area contributed by atoms with Gasteiger partial charge in [0.1, 0.15) is 11.8 Å². The fourth-order valence-corrected chi connectivity index (χ4v) is 1.92. The maximum absolute atomic E-state index is 10.9. The molecule has 0 fully saturated rings. The van der Waals surface area contributed by atoms with E-state index in [0.29, 0.717) is 19.6 Å². The molecular weight excluding hydrogens is 206 g/mol. The van der Waals surface area contributed by atoms with Crippen LogP contribution in [0.15, 0.2) is 18.2 Å². The van der Waals surface area contributed by atoms with Crippen molar-refractivity contribution in [2.45, 2.75) is 25.9 Å². The minimum Gasteiger partial charge on any atom is -0.494 e. The van der Waals surface area contributed by atoms with Gasteiger partial charge in [0, 0.05) is 6.54 Å². The van der Waals surface area contributed by atoms with Crippen molar-refractivity contribution in [3.05, 3.63) is 29.3 Å². The number of hydrogen-bond acceptors (Lipinski definition) is 3. The molecule has 1 aliphatic rings. The summed E-state index contributed by atoms with van der Waals surface area (Å²) in [7, 11) is 0. The van der Waals surface area contributed by atoms with Crippen LogP contribution in [0.2, 0.25) is 0 Å². The Hall–Kier alpha value is -1.55. The summed E-state index contributed by atoms with van der Waals surface area (Å²) >= 11 is 0. The molecule has 2 rings (SSSR count). The van der Waals surface area contributed by atoms with Gasteiger partial charge in [0.2, 0.25) is 0 Å². The Morgan fingerprint density at radius 3 is 3.06 bits per heavy atom. The van der Waals surface area contributed by atoms with Gasteiger partial charge in [-0.15, -0.1) is 0 Å². The highest BCUT2D eigenvalue weighted by atomic mass is 16.5. The lowest BCUT2D eigenvalue weighted by molar-refractivity contribution is -0.139. The number of carboxylic acid groups (broad SMARTS) is 1. The van der Waals surface area contributed by atoms with Crippen molar-refractivity contribution < 1.29 is 14.6 Å². The normalized spacial score (nSPS) is 18.9. The Morgan fingerprint density at radius 1 is 1.56 bits per heavy atom. The first-order valence-electron chi connectivity index (χ1n) is 5.41. The van der Waals surface area contributed by atoms with Gasteiger partial charge in [0.05, 0.1) is 6.61 Å². The summed E-state index contributed by atoms with van der Waals surface area (Å²) in [4.78, 5) is 10.9. The molecule has 0 saturated heterocycles. The highest BCUT2D eigenvalue weighted by Gasteiger charge is 2.23. The summed E-state index contributed by atoms with van der Waals surface area (Å²) in [6.07, 6.45) is 0.519. The number of benzene rings is 1. The largest absolute Gasteiger partial charge is 0.494 e. The third-order valence-electron chi connectivity index (χ3n) is 2.75. The smallest absolute Gasteiger partial charge is 0.321 e. The fourth-order valence-electron chi connectivity index (χ4n) is 1.92. The predicted molar refractivity (Wildman–Crippen MR) is 59.6 cm³/mol. The van der Waals surface area contributed by atoms with E-state index in [0.717, 1.165) is 16.9 Å². The van der Waals surface area contributed by atoms with E-state index in [9.17, 15) is 4.79 Å². The molecule has 0 bridgehead atoms. The standard InChI is InChI=1S/C12H15NO3/c1-2-16-10-4-3-8-7-13-11(12(14)15)6-9(8)5-10/h3-5,11,13H,2,6-7H2,1H3,(H,14,15). The topological polar surface area (TPSA) is 58.6 Å². The molecule has 0 aliphatic carbocycles. The second kappa shape index (κ2) is 4.53. The molecule has 0 radical (unpaired) electrons. The SMILES string of the molecule is CCOc1ccc2c(c1)CC(C(=O)O)NC2. The van der Waals surface area contributed by atoms with Crippen LogP contribution in [0.25, 0.3) is 0 Å². The molecule has 0 saturated carbocycles. The lowest BCUT2D eigenvalue weighted by Gasteiger charge is -2.23. The fraction of sp³-hybridized carbons (Fsp3) is 0.417. The van der Waals surface area contributed by atoms with Crippen molar-refractivity contribution in [1.29, 1.82) is 0 Å². The Morgan fingerprint density at radius 2 is 2.38 bits per heavy atom. The van der Waals surface area contributed by atoms with Gasteiger partial charge in [-0.1, -0.05) is 6.07 Å². The molecular formula is C12H15NO3. The molecule has 0 aromatic heterocycles. The minimum absolute atomic E-state index is 0.482. The molecule has 1 unspecified atom stereocenters. The molecule has 1 aromatic rings. The van der Waals surface area contributed by atoms with Crippen LogP contribution in [0.4, 0.5) is 0 Å². The maximum atomic E-state index is 10.9. The summed E-state index contributed by atoms with van der Waals surface area (Å²) < 4.78 is 5.40. The van der Waals surface area contributed by atoms with Gasteiger partial charge in [0.25, 0.3) is 0 Å². The minimum atomic E-state index is -0.799. The zero-order valence-electron chi connectivity index (χ0n) is 9.19. The second-order valence-electron chi connectivity index (χ2n) is 3.84. The van der Waals surface area contributed by atoms with E-state index in [2.05, 4.69) is 5.32 Å². The van der Waals surface area contributed by atoms with E-state index in [-0.39, 0.29) is 0 Å². The number of carboxylic acids is 1. The van der Waals surface area contributed by atoms with Crippen molar-refractivity contribution in [3.8, 4) is 5.75 Å². The summed E-state index contributed by atoms with van der Waals surface area (Å²) in [5, 5.41) is 11.9. The average molecular weight is 221 g/mol. The number of nitrogens with one attached hydrogen (secondary N) is 1. The van der Waals surface area contributed by atoms with Crippen molar-refractivity contribution >= 4 is 5.97 Å². The first kappa shape index (κ1) is 11.0. The molecule has 1 heterocycles. The average Bonchev–Trinajstić information content (AvgIpc) is 2.28. The lowest BCUT2D eigenvalue weighted by atomic mass is 9.95. The monoisotopic (exact) mass is 221 g/mol. The molecule has 4 nitrogen and oxygen atoms in total. The number of hydrogen-bond donors (Lipinski definition) is 2. The third kappa shape index (κ3) is 2.17. The molecule has 1 aliphatic heterocycles. The number of fused-ring (bicyclic) bond motifs is 1. The Labute approximate surface area is 94.2 Å². The van der Waals surface area contributed by atoms with Crippen LogP contribution in [0.5, 0.6) is 5.75 Å². The van der Waals surface area contributed by atoms with Gasteiger partial charge in [0.15, 0.2) is 0 Å². The van der Waals surface area contributed by atoms with Crippen LogP contribution in [0, 0.1) is 0 Å². The number of carbonyl (C=O) groups is 1. The molecule has 1 aromatic carbocycles. The number of aliphatic carboxylic acids is 1. The predicted octanol–water partition coefficient (Wildman–Crippen LogP) is 1.18. The Kier molecular flexibility index (Phi) is 3.10. The number of ether oxygens (including phenoxy) is 1. The van der Waals surface area contributed by atoms with E-state index in [4.69, 9.17) is 9.84 Å². The van der Waals surface area contributed by atoms with E-state index < -0.39 is 12.0 Å². The van der Waals surface area contributed by atoms with Crippen molar-refractivity contribution in [2.75, 3.05) is 6.61 Å². The van der Waals surface area contributed by atoms with Crippen molar-refractivity contribution in [1.82, 2.24) is 5.32 Å². The molecule has 2 N–H and O–H groups in total. The van der Waals surface area contributed by atoms with Crippen LogP contribution in [-0.4, -0.2) is 23.7 Å². The first-order valence-corrected chi connectivity index (χ1v) is 5.41. The zero-order chi connectivity index (χ0) is 11.5. The summed E-state index contributed by atoms with van der Waals surface area (Å²) in [6.45, 7) is 3.17. The Bertz CT molecular complexity index is 403. The van der Waals surface area contributed by atoms with E-state index in [1.807, 2.05) is 25.1 Å². The highest BCUT2D eigenvalue weighted by Crippen LogP contribution is 2.22. The van der Waals surface area contributed by atoms with Gasteiger partial charge in [-0.2, -0.15) is 0 Å². The number of rotatable bonds is 3. The highest BCUT2D eigenvalue weighted by molar-refractivity contribution is 5.74. The molecule has 0 spiro atoms. The molecule has 1 atom stereocenters. The quantitative estimate of drug-likeness (QED) is 0.804. The third-order valence-corrected chi connectivity index (χ3v) is 2.75. The zero-order valence-corrected chi connectivity index (χ0v) is 9.19. The summed E-state index contributed by atoms with van der Waals surface area (Å²) in [5.41, 5.74) is 2.22. The lowest BCUT2D eigenvalue weighted by Crippen LogP contribution is -2.41. The van der Waals surface area contributed by atoms with Crippen LogP contribution in [0.3, 0.4) is 0 Å². The van der Waals surface area contributed by atoms with Crippen LogP contribution in [-0.2, 0) is 17.8 Å². The molecule has 4 heteroatoms. The Balaban J connectivity index is 2.21. The maximum Gasteiger partial charge on any atom is 0.321 e. The van der Waals surface area contributed by atoms with Gasteiger partial charge in [-0.25, -0.2) is 0 Å². The van der Waals surface area contributed by atoms with Gasteiger partial charge < -0.3 is 15.2 Å². The van der Waals surface area contributed by atoms with Gasteiger partial charge >= 0.3 is 5.97 Å².